The number of carboxylic acid groups (broad SMARTS) is 1. The summed E-state index contributed by atoms with van der Waals surface area (Å²) in [7, 11) is 0. The number of hydrogen-bond donors (Lipinski definition) is 1. The van der Waals surface area contributed by atoms with E-state index in [4.69, 9.17) is 9.84 Å². The zero-order chi connectivity index (χ0) is 15.4. The molecule has 110 valence electrons. The average molecular weight is 302 g/mol. The first-order chi connectivity index (χ1) is 9.97. The molecule has 2 rings (SSSR count). The Morgan fingerprint density at radius 2 is 1.90 bits per heavy atom. The Kier molecular flexibility index (Phi) is 4.81. The van der Waals surface area contributed by atoms with Crippen molar-refractivity contribution in [3.8, 4) is 5.75 Å². The third-order valence-corrected chi connectivity index (χ3v) is 4.33. The van der Waals surface area contributed by atoms with E-state index in [0.717, 1.165) is 32.7 Å². The number of thiophene rings is 1. The van der Waals surface area contributed by atoms with Crippen molar-refractivity contribution in [2.45, 2.75) is 27.4 Å². The van der Waals surface area contributed by atoms with Crippen molar-refractivity contribution in [1.29, 1.82) is 0 Å². The molecule has 0 unspecified atom stereocenters. The lowest BCUT2D eigenvalue weighted by molar-refractivity contribution is -0.131. The SMILES string of the molecule is Cc1ccc(C)c(OCc2ccc(C=CC(=O)O)s2)c1C. The van der Waals surface area contributed by atoms with E-state index in [9.17, 15) is 4.79 Å². The van der Waals surface area contributed by atoms with E-state index in [1.54, 1.807) is 6.08 Å². The van der Waals surface area contributed by atoms with Gasteiger partial charge in [0.05, 0.1) is 0 Å². The number of hydrogen-bond acceptors (Lipinski definition) is 3. The Morgan fingerprint density at radius 1 is 1.19 bits per heavy atom. The number of aliphatic carboxylic acids is 1. The number of benzene rings is 1. The Balaban J connectivity index is 2.07. The first kappa shape index (κ1) is 15.3. The van der Waals surface area contributed by atoms with Crippen LogP contribution in [-0.4, -0.2) is 11.1 Å². The van der Waals surface area contributed by atoms with E-state index in [1.807, 2.05) is 19.1 Å². The van der Waals surface area contributed by atoms with Crippen LogP contribution in [0.2, 0.25) is 0 Å². The first-order valence-corrected chi connectivity index (χ1v) is 7.48. The summed E-state index contributed by atoms with van der Waals surface area (Å²) in [6, 6.07) is 8.02. The molecule has 1 heterocycles. The van der Waals surface area contributed by atoms with Gasteiger partial charge in [-0.05, 0) is 55.7 Å². The minimum absolute atomic E-state index is 0.497. The molecule has 0 spiro atoms. The number of aryl methyl sites for hydroxylation is 2. The quantitative estimate of drug-likeness (QED) is 0.835. The highest BCUT2D eigenvalue weighted by Crippen LogP contribution is 2.27. The van der Waals surface area contributed by atoms with Gasteiger partial charge in [0, 0.05) is 15.8 Å². The van der Waals surface area contributed by atoms with Crippen LogP contribution in [0.5, 0.6) is 5.75 Å². The Morgan fingerprint density at radius 3 is 2.62 bits per heavy atom. The lowest BCUT2D eigenvalue weighted by Crippen LogP contribution is -1.98. The second-order valence-electron chi connectivity index (χ2n) is 4.92. The summed E-state index contributed by atoms with van der Waals surface area (Å²) in [5.74, 6) is -0.00163. The highest BCUT2D eigenvalue weighted by Gasteiger charge is 2.07. The third kappa shape index (κ3) is 3.95. The van der Waals surface area contributed by atoms with E-state index in [2.05, 4.69) is 26.0 Å². The maximum atomic E-state index is 10.5. The standard InChI is InChI=1S/C17H18O3S/c1-11-4-5-12(2)17(13(11)3)20-10-15-7-6-14(21-15)8-9-16(18)19/h4-9H,10H2,1-3H3,(H,18,19). The first-order valence-electron chi connectivity index (χ1n) is 6.66. The maximum Gasteiger partial charge on any atom is 0.328 e. The van der Waals surface area contributed by atoms with Gasteiger partial charge >= 0.3 is 5.97 Å². The summed E-state index contributed by atoms with van der Waals surface area (Å²) >= 11 is 1.53. The molecule has 0 bridgehead atoms. The van der Waals surface area contributed by atoms with Crippen LogP contribution in [-0.2, 0) is 11.4 Å². The van der Waals surface area contributed by atoms with Crippen LogP contribution < -0.4 is 4.74 Å². The van der Waals surface area contributed by atoms with E-state index >= 15 is 0 Å². The largest absolute Gasteiger partial charge is 0.488 e. The maximum absolute atomic E-state index is 10.5. The molecule has 1 aromatic heterocycles. The Hall–Kier alpha value is -2.07. The molecule has 0 aliphatic rings. The molecular formula is C17H18O3S. The van der Waals surface area contributed by atoms with E-state index in [-0.39, 0.29) is 0 Å². The number of carbonyl (C=O) groups is 1. The second-order valence-corrected chi connectivity index (χ2v) is 6.12. The van der Waals surface area contributed by atoms with E-state index in [0.29, 0.717) is 6.61 Å². The second kappa shape index (κ2) is 6.59. The molecule has 2 aromatic rings. The van der Waals surface area contributed by atoms with Crippen molar-refractivity contribution in [2.24, 2.45) is 0 Å². The van der Waals surface area contributed by atoms with Gasteiger partial charge in [-0.1, -0.05) is 12.1 Å². The predicted molar refractivity (Wildman–Crippen MR) is 86.0 cm³/mol. The monoisotopic (exact) mass is 302 g/mol. The van der Waals surface area contributed by atoms with Crippen LogP contribution in [0.1, 0.15) is 26.4 Å². The molecule has 3 nitrogen and oxygen atoms in total. The zero-order valence-corrected chi connectivity index (χ0v) is 13.2. The summed E-state index contributed by atoms with van der Waals surface area (Å²) < 4.78 is 5.94. The van der Waals surface area contributed by atoms with Crippen molar-refractivity contribution < 1.29 is 14.6 Å². The van der Waals surface area contributed by atoms with Crippen molar-refractivity contribution in [3.63, 3.8) is 0 Å². The summed E-state index contributed by atoms with van der Waals surface area (Å²) in [5.41, 5.74) is 3.50. The van der Waals surface area contributed by atoms with Gasteiger partial charge in [0.25, 0.3) is 0 Å². The minimum Gasteiger partial charge on any atom is -0.488 e. The molecule has 0 aliphatic heterocycles. The van der Waals surface area contributed by atoms with Crippen molar-refractivity contribution >= 4 is 23.4 Å². The van der Waals surface area contributed by atoms with Gasteiger partial charge in [0.15, 0.2) is 0 Å². The Labute approximate surface area is 128 Å². The summed E-state index contributed by atoms with van der Waals surface area (Å²) in [6.07, 6.45) is 2.74. The van der Waals surface area contributed by atoms with Gasteiger partial charge < -0.3 is 9.84 Å². The van der Waals surface area contributed by atoms with E-state index < -0.39 is 5.97 Å². The van der Waals surface area contributed by atoms with Crippen molar-refractivity contribution in [2.75, 3.05) is 0 Å². The highest BCUT2D eigenvalue weighted by atomic mass is 32.1. The smallest absolute Gasteiger partial charge is 0.328 e. The number of rotatable bonds is 5. The minimum atomic E-state index is -0.938. The number of ether oxygens (including phenoxy) is 1. The van der Waals surface area contributed by atoms with Crippen LogP contribution in [0.4, 0.5) is 0 Å². The van der Waals surface area contributed by atoms with Crippen molar-refractivity contribution in [1.82, 2.24) is 0 Å². The molecule has 0 atom stereocenters. The van der Waals surface area contributed by atoms with Gasteiger partial charge in [-0.2, -0.15) is 0 Å². The fourth-order valence-corrected chi connectivity index (χ4v) is 2.83. The van der Waals surface area contributed by atoms with Crippen LogP contribution in [0.3, 0.4) is 0 Å². The van der Waals surface area contributed by atoms with E-state index in [1.165, 1.54) is 16.9 Å². The molecule has 1 N–H and O–H groups in total. The fourth-order valence-electron chi connectivity index (χ4n) is 2.01. The molecule has 0 fully saturated rings. The van der Waals surface area contributed by atoms with Crippen LogP contribution in [0, 0.1) is 20.8 Å². The van der Waals surface area contributed by atoms with Gasteiger partial charge in [-0.25, -0.2) is 4.79 Å². The molecule has 21 heavy (non-hydrogen) atoms. The molecule has 0 amide bonds. The van der Waals surface area contributed by atoms with Gasteiger partial charge in [-0.15, -0.1) is 11.3 Å². The van der Waals surface area contributed by atoms with Crippen LogP contribution in [0.15, 0.2) is 30.3 Å². The zero-order valence-electron chi connectivity index (χ0n) is 12.3. The van der Waals surface area contributed by atoms with Crippen molar-refractivity contribution in [3.05, 3.63) is 56.8 Å². The molecule has 0 radical (unpaired) electrons. The van der Waals surface area contributed by atoms with Gasteiger partial charge in [0.1, 0.15) is 12.4 Å². The molecule has 0 saturated carbocycles. The lowest BCUT2D eigenvalue weighted by Gasteiger charge is -2.13. The van der Waals surface area contributed by atoms with Gasteiger partial charge in [-0.3, -0.25) is 0 Å². The molecule has 0 aliphatic carbocycles. The highest BCUT2D eigenvalue weighted by molar-refractivity contribution is 7.12. The molecule has 4 heteroatoms. The average Bonchev–Trinajstić information content (AvgIpc) is 2.89. The fraction of sp³-hybridized carbons (Fsp3) is 0.235. The van der Waals surface area contributed by atoms with Gasteiger partial charge in [0.2, 0.25) is 0 Å². The molecule has 1 aromatic carbocycles. The summed E-state index contributed by atoms with van der Waals surface area (Å²) in [5, 5.41) is 8.61. The molecular weight excluding hydrogens is 284 g/mol. The van der Waals surface area contributed by atoms with Crippen LogP contribution in [0.25, 0.3) is 6.08 Å². The Bertz CT molecular complexity index is 683. The molecule has 0 saturated heterocycles. The predicted octanol–water partition coefficient (Wildman–Crippen LogP) is 4.35. The van der Waals surface area contributed by atoms with Crippen LogP contribution >= 0.6 is 11.3 Å². The summed E-state index contributed by atoms with van der Waals surface area (Å²) in [6.45, 7) is 6.67. The normalized spacial score (nSPS) is 11.0. The summed E-state index contributed by atoms with van der Waals surface area (Å²) in [4.78, 5) is 12.5. The number of carboxylic acids is 1. The lowest BCUT2D eigenvalue weighted by atomic mass is 10.1. The third-order valence-electron chi connectivity index (χ3n) is 3.30. The topological polar surface area (TPSA) is 46.5 Å².